The molecule has 0 bridgehead atoms. The molecule has 1 aliphatic carbocycles. The smallest absolute Gasteiger partial charge is 0.171 e. The normalized spacial score (nSPS) is 21.7. The number of aromatic nitrogens is 4. The monoisotopic (exact) mass is 496 g/mol. The lowest BCUT2D eigenvalue weighted by Gasteiger charge is -2.31. The number of ketones is 1. The number of hydrogen-bond acceptors (Lipinski definition) is 5. The van der Waals surface area contributed by atoms with Gasteiger partial charge in [-0.3, -0.25) is 14.9 Å². The van der Waals surface area contributed by atoms with Crippen LogP contribution in [0.3, 0.4) is 0 Å². The van der Waals surface area contributed by atoms with E-state index in [9.17, 15) is 9.90 Å². The number of pyridine rings is 1. The second-order valence-corrected chi connectivity index (χ2v) is 10.0. The lowest BCUT2D eigenvalue weighted by Crippen LogP contribution is -2.31. The average molecular weight is 497 g/mol. The summed E-state index contributed by atoms with van der Waals surface area (Å²) in [5, 5.41) is 18.3. The van der Waals surface area contributed by atoms with E-state index in [2.05, 4.69) is 19.7 Å². The maximum atomic E-state index is 13.7. The minimum absolute atomic E-state index is 0.0268. The summed E-state index contributed by atoms with van der Waals surface area (Å²) in [4.78, 5) is 18.3. The molecular formula is C25H22Cl2N4O3. The average Bonchev–Trinajstić information content (AvgIpc) is 3.40. The number of aliphatic hydroxyl groups is 1. The molecule has 7 nitrogen and oxygen atoms in total. The quantitative estimate of drug-likeness (QED) is 0.381. The zero-order valence-corrected chi connectivity index (χ0v) is 19.7. The van der Waals surface area contributed by atoms with E-state index in [0.29, 0.717) is 45.9 Å². The van der Waals surface area contributed by atoms with Gasteiger partial charge in [-0.25, -0.2) is 0 Å². The molecule has 1 aliphatic heterocycles. The maximum absolute atomic E-state index is 13.7. The van der Waals surface area contributed by atoms with Crippen LogP contribution in [-0.2, 0) is 13.0 Å². The second-order valence-electron chi connectivity index (χ2n) is 9.20. The summed E-state index contributed by atoms with van der Waals surface area (Å²) in [7, 11) is 0. The zero-order valence-electron chi connectivity index (χ0n) is 18.2. The fourth-order valence-electron chi connectivity index (χ4n) is 5.01. The van der Waals surface area contributed by atoms with Gasteiger partial charge in [0.25, 0.3) is 0 Å². The summed E-state index contributed by atoms with van der Waals surface area (Å²) in [6, 6.07) is 7.46. The Bertz CT molecular complexity index is 1410. The Kier molecular flexibility index (Phi) is 5.36. The van der Waals surface area contributed by atoms with Crippen molar-refractivity contribution in [1.82, 2.24) is 19.7 Å². The number of H-pyrrole nitrogens is 1. The van der Waals surface area contributed by atoms with Crippen LogP contribution in [0.4, 0.5) is 0 Å². The lowest BCUT2D eigenvalue weighted by molar-refractivity contribution is 0.0357. The highest BCUT2D eigenvalue weighted by Gasteiger charge is 2.31. The molecule has 0 amide bonds. The largest absolute Gasteiger partial charge is 0.493 e. The predicted octanol–water partition coefficient (Wildman–Crippen LogP) is 4.94. The standard InChI is InChI=1S/C25H22Cl2N4O3/c26-16-1-2-23-14(6-16)5-15(12-34-23)24(33)20-11-31(10-13-3-17(32)4-13)22-7-21(28-8-18(20)22)19-9-29-30-25(19)27/h1-2,6-9,11,13,15,17,32H,3-5,10,12H2,(H,29,30). The van der Waals surface area contributed by atoms with E-state index in [1.807, 2.05) is 24.4 Å². The molecule has 6 rings (SSSR count). The van der Waals surface area contributed by atoms with Crippen LogP contribution in [0, 0.1) is 11.8 Å². The van der Waals surface area contributed by atoms with Crippen LogP contribution in [-0.4, -0.2) is 43.3 Å². The Hall–Kier alpha value is -2.87. The molecule has 174 valence electrons. The van der Waals surface area contributed by atoms with Crippen molar-refractivity contribution in [2.24, 2.45) is 11.8 Å². The summed E-state index contributed by atoms with van der Waals surface area (Å²) in [5.74, 6) is 0.870. The van der Waals surface area contributed by atoms with E-state index >= 15 is 0 Å². The first-order valence-corrected chi connectivity index (χ1v) is 12.0. The van der Waals surface area contributed by atoms with Crippen molar-refractivity contribution in [2.75, 3.05) is 6.61 Å². The highest BCUT2D eigenvalue weighted by atomic mass is 35.5. The molecule has 0 saturated heterocycles. The number of carbonyl (C=O) groups excluding carboxylic acids is 1. The third-order valence-corrected chi connectivity index (χ3v) is 7.39. The topological polar surface area (TPSA) is 93.0 Å². The van der Waals surface area contributed by atoms with Gasteiger partial charge in [0, 0.05) is 34.9 Å². The molecule has 3 aromatic heterocycles. The molecule has 9 heteroatoms. The van der Waals surface area contributed by atoms with E-state index in [0.717, 1.165) is 41.6 Å². The third-order valence-electron chi connectivity index (χ3n) is 6.87. The fourth-order valence-corrected chi connectivity index (χ4v) is 5.40. The molecule has 2 aliphatic rings. The van der Waals surface area contributed by atoms with Crippen LogP contribution in [0.15, 0.2) is 42.9 Å². The molecule has 2 N–H and O–H groups in total. The van der Waals surface area contributed by atoms with Crippen LogP contribution in [0.25, 0.3) is 22.2 Å². The predicted molar refractivity (Wildman–Crippen MR) is 130 cm³/mol. The van der Waals surface area contributed by atoms with Crippen molar-refractivity contribution < 1.29 is 14.6 Å². The molecule has 4 aromatic rings. The molecule has 1 unspecified atom stereocenters. The summed E-state index contributed by atoms with van der Waals surface area (Å²) in [6.45, 7) is 1.05. The van der Waals surface area contributed by atoms with Crippen molar-refractivity contribution in [1.29, 1.82) is 0 Å². The van der Waals surface area contributed by atoms with Gasteiger partial charge in [-0.05, 0) is 55.0 Å². The molecule has 0 radical (unpaired) electrons. The van der Waals surface area contributed by atoms with Crippen LogP contribution < -0.4 is 4.74 Å². The van der Waals surface area contributed by atoms with Crippen LogP contribution in [0.5, 0.6) is 5.75 Å². The molecule has 1 fully saturated rings. The summed E-state index contributed by atoms with van der Waals surface area (Å²) in [6.07, 6.45) is 7.17. The second kappa shape index (κ2) is 8.41. The zero-order chi connectivity index (χ0) is 23.4. The number of benzene rings is 1. The number of aromatic amines is 1. The van der Waals surface area contributed by atoms with Crippen molar-refractivity contribution in [3.8, 4) is 17.0 Å². The number of rotatable bonds is 5. The Morgan fingerprint density at radius 3 is 2.85 bits per heavy atom. The Balaban J connectivity index is 1.38. The first kappa shape index (κ1) is 21.6. The van der Waals surface area contributed by atoms with Crippen LogP contribution >= 0.6 is 23.2 Å². The van der Waals surface area contributed by atoms with Gasteiger partial charge in [0.1, 0.15) is 10.9 Å². The van der Waals surface area contributed by atoms with E-state index in [4.69, 9.17) is 27.9 Å². The van der Waals surface area contributed by atoms with Crippen molar-refractivity contribution in [3.05, 3.63) is 64.2 Å². The fraction of sp³-hybridized carbons (Fsp3) is 0.320. The molecule has 0 spiro atoms. The van der Waals surface area contributed by atoms with Gasteiger partial charge in [0.15, 0.2) is 5.78 Å². The van der Waals surface area contributed by atoms with E-state index in [-0.39, 0.29) is 17.8 Å². The number of aliphatic hydroxyl groups excluding tert-OH is 1. The number of nitrogens with zero attached hydrogens (tertiary/aromatic N) is 3. The summed E-state index contributed by atoms with van der Waals surface area (Å²) < 4.78 is 7.99. The molecule has 34 heavy (non-hydrogen) atoms. The number of nitrogens with one attached hydrogen (secondary N) is 1. The number of hydrogen-bond donors (Lipinski definition) is 2. The molecule has 1 saturated carbocycles. The summed E-state index contributed by atoms with van der Waals surface area (Å²) >= 11 is 12.4. The number of Topliss-reactive ketones (excluding diaryl/α,β-unsaturated/α-hetero) is 1. The SMILES string of the molecule is O=C(c1cn(CC2CC(O)C2)c2cc(-c3cn[nH]c3Cl)ncc12)C1COc2ccc(Cl)cc2C1. The van der Waals surface area contributed by atoms with Gasteiger partial charge in [-0.15, -0.1) is 0 Å². The minimum Gasteiger partial charge on any atom is -0.493 e. The third kappa shape index (κ3) is 3.78. The van der Waals surface area contributed by atoms with E-state index in [1.165, 1.54) is 0 Å². The first-order chi connectivity index (χ1) is 16.5. The number of fused-ring (bicyclic) bond motifs is 2. The van der Waals surface area contributed by atoms with Gasteiger partial charge < -0.3 is 14.4 Å². The van der Waals surface area contributed by atoms with Crippen molar-refractivity contribution in [2.45, 2.75) is 31.9 Å². The van der Waals surface area contributed by atoms with Crippen molar-refractivity contribution >= 4 is 39.9 Å². The van der Waals surface area contributed by atoms with Gasteiger partial charge in [-0.1, -0.05) is 23.2 Å². The van der Waals surface area contributed by atoms with Gasteiger partial charge >= 0.3 is 0 Å². The van der Waals surface area contributed by atoms with E-state index < -0.39 is 0 Å². The molecule has 1 aromatic carbocycles. The Labute approximate surface area is 205 Å². The van der Waals surface area contributed by atoms with Crippen LogP contribution in [0.1, 0.15) is 28.8 Å². The van der Waals surface area contributed by atoms with Gasteiger partial charge in [0.05, 0.1) is 41.6 Å². The summed E-state index contributed by atoms with van der Waals surface area (Å²) in [5.41, 5.74) is 3.87. The van der Waals surface area contributed by atoms with Crippen molar-refractivity contribution in [3.63, 3.8) is 0 Å². The highest BCUT2D eigenvalue weighted by Crippen LogP contribution is 2.36. The highest BCUT2D eigenvalue weighted by molar-refractivity contribution is 6.32. The van der Waals surface area contributed by atoms with Gasteiger partial charge in [-0.2, -0.15) is 5.10 Å². The lowest BCUT2D eigenvalue weighted by atomic mass is 9.82. The number of ether oxygens (including phenoxy) is 1. The first-order valence-electron chi connectivity index (χ1n) is 11.3. The Morgan fingerprint density at radius 2 is 2.09 bits per heavy atom. The Morgan fingerprint density at radius 1 is 1.24 bits per heavy atom. The molecule has 4 heterocycles. The van der Waals surface area contributed by atoms with Gasteiger partial charge in [0.2, 0.25) is 0 Å². The minimum atomic E-state index is -0.307. The molecule has 1 atom stereocenters. The number of halogens is 2. The number of carbonyl (C=O) groups is 1. The van der Waals surface area contributed by atoms with Crippen LogP contribution in [0.2, 0.25) is 10.2 Å². The molecular weight excluding hydrogens is 475 g/mol. The van der Waals surface area contributed by atoms with E-state index in [1.54, 1.807) is 18.5 Å². The maximum Gasteiger partial charge on any atom is 0.171 e.